The number of hydrogen-bond donors (Lipinski definition) is 0. The third-order valence-corrected chi connectivity index (χ3v) is 3.98. The molecule has 3 rings (SSSR count). The Morgan fingerprint density at radius 3 is 2.21 bits per heavy atom. The third kappa shape index (κ3) is 3.72. The number of pyridine rings is 1. The van der Waals surface area contributed by atoms with Gasteiger partial charge in [0.15, 0.2) is 0 Å². The summed E-state index contributed by atoms with van der Waals surface area (Å²) in [6, 6.07) is 22.9. The Balaban J connectivity index is 1.98. The van der Waals surface area contributed by atoms with Gasteiger partial charge < -0.3 is 4.74 Å². The summed E-state index contributed by atoms with van der Waals surface area (Å²) in [4.78, 5) is 4.58. The largest absolute Gasteiger partial charge is 0.490 e. The Bertz CT molecular complexity index is 776. The monoisotopic (exact) mass is 315 g/mol. The van der Waals surface area contributed by atoms with E-state index in [0.717, 1.165) is 11.4 Å². The highest BCUT2D eigenvalue weighted by atomic mass is 16.5. The second kappa shape index (κ2) is 7.60. The first kappa shape index (κ1) is 16.0. The van der Waals surface area contributed by atoms with E-state index in [-0.39, 0.29) is 5.92 Å². The molecule has 0 spiro atoms. The molecular formula is C22H21NO. The summed E-state index contributed by atoms with van der Waals surface area (Å²) in [5.74, 6) is 0.961. The molecule has 120 valence electrons. The molecule has 0 aliphatic carbocycles. The van der Waals surface area contributed by atoms with Gasteiger partial charge in [0, 0.05) is 6.20 Å². The predicted molar refractivity (Wildman–Crippen MR) is 98.5 cm³/mol. The summed E-state index contributed by atoms with van der Waals surface area (Å²) < 4.78 is 5.58. The number of nitrogens with zero attached hydrogens (tertiary/aromatic N) is 1. The molecular weight excluding hydrogens is 294 g/mol. The third-order valence-electron chi connectivity index (χ3n) is 3.98. The lowest BCUT2D eigenvalue weighted by Crippen LogP contribution is -2.05. The summed E-state index contributed by atoms with van der Waals surface area (Å²) in [5, 5.41) is 0. The van der Waals surface area contributed by atoms with Crippen molar-refractivity contribution in [1.29, 1.82) is 0 Å². The van der Waals surface area contributed by atoms with Crippen molar-refractivity contribution in [2.24, 2.45) is 0 Å². The van der Waals surface area contributed by atoms with Crippen molar-refractivity contribution >= 4 is 0 Å². The molecule has 24 heavy (non-hydrogen) atoms. The zero-order valence-electron chi connectivity index (χ0n) is 13.9. The molecule has 0 saturated heterocycles. The molecule has 2 nitrogen and oxygen atoms in total. The number of hydrogen-bond acceptors (Lipinski definition) is 2. The quantitative estimate of drug-likeness (QED) is 0.588. The highest BCUT2D eigenvalue weighted by molar-refractivity contribution is 5.42. The van der Waals surface area contributed by atoms with Gasteiger partial charge in [-0.2, -0.15) is 0 Å². The Morgan fingerprint density at radius 1 is 0.958 bits per heavy atom. The average Bonchev–Trinajstić information content (AvgIpc) is 2.64. The summed E-state index contributed by atoms with van der Waals surface area (Å²) in [7, 11) is 0. The van der Waals surface area contributed by atoms with Crippen LogP contribution in [0.3, 0.4) is 0 Å². The fourth-order valence-corrected chi connectivity index (χ4v) is 2.75. The molecule has 0 fully saturated rings. The fraction of sp³-hybridized carbons (Fsp3) is 0.136. The van der Waals surface area contributed by atoms with Crippen molar-refractivity contribution in [2.45, 2.75) is 12.8 Å². The van der Waals surface area contributed by atoms with E-state index in [1.807, 2.05) is 30.5 Å². The molecule has 1 atom stereocenters. The molecule has 3 aromatic rings. The van der Waals surface area contributed by atoms with E-state index >= 15 is 0 Å². The SMILES string of the molecule is C=CCOc1ccc(C(c2ccc(C)cc2)c2ccccn2)cc1. The van der Waals surface area contributed by atoms with Crippen LogP contribution >= 0.6 is 0 Å². The highest BCUT2D eigenvalue weighted by Crippen LogP contribution is 2.31. The van der Waals surface area contributed by atoms with Crippen molar-refractivity contribution in [3.63, 3.8) is 0 Å². The van der Waals surface area contributed by atoms with Crippen LogP contribution in [-0.4, -0.2) is 11.6 Å². The number of benzene rings is 2. The van der Waals surface area contributed by atoms with Gasteiger partial charge in [0.1, 0.15) is 12.4 Å². The summed E-state index contributed by atoms with van der Waals surface area (Å²) >= 11 is 0. The average molecular weight is 315 g/mol. The maximum atomic E-state index is 5.58. The van der Waals surface area contributed by atoms with E-state index in [0.29, 0.717) is 6.61 Å². The van der Waals surface area contributed by atoms with Crippen molar-refractivity contribution < 1.29 is 4.74 Å². The van der Waals surface area contributed by atoms with Gasteiger partial charge >= 0.3 is 0 Å². The molecule has 0 aliphatic rings. The van der Waals surface area contributed by atoms with E-state index < -0.39 is 0 Å². The molecule has 0 aliphatic heterocycles. The lowest BCUT2D eigenvalue weighted by atomic mass is 9.87. The first-order valence-electron chi connectivity index (χ1n) is 8.09. The van der Waals surface area contributed by atoms with Crippen LogP contribution in [-0.2, 0) is 0 Å². The summed E-state index contributed by atoms with van der Waals surface area (Å²) in [5.41, 5.74) is 4.73. The minimum absolute atomic E-state index is 0.111. The van der Waals surface area contributed by atoms with Gasteiger partial charge in [-0.1, -0.05) is 60.7 Å². The van der Waals surface area contributed by atoms with E-state index in [4.69, 9.17) is 4.74 Å². The Morgan fingerprint density at radius 2 is 1.62 bits per heavy atom. The van der Waals surface area contributed by atoms with Gasteiger partial charge in [-0.15, -0.1) is 0 Å². The second-order valence-electron chi connectivity index (χ2n) is 5.77. The molecule has 1 heterocycles. The van der Waals surface area contributed by atoms with E-state index in [2.05, 4.69) is 61.0 Å². The van der Waals surface area contributed by atoms with Crippen LogP contribution in [0, 0.1) is 6.92 Å². The maximum Gasteiger partial charge on any atom is 0.119 e. The minimum Gasteiger partial charge on any atom is -0.490 e. The molecule has 0 amide bonds. The normalized spacial score (nSPS) is 11.7. The molecule has 0 bridgehead atoms. The minimum atomic E-state index is 0.111. The lowest BCUT2D eigenvalue weighted by molar-refractivity contribution is 0.363. The zero-order chi connectivity index (χ0) is 16.8. The number of aromatic nitrogens is 1. The number of aryl methyl sites for hydroxylation is 1. The van der Waals surface area contributed by atoms with Gasteiger partial charge in [0.05, 0.1) is 11.6 Å². The van der Waals surface area contributed by atoms with Crippen LogP contribution in [0.2, 0.25) is 0 Å². The molecule has 1 aromatic heterocycles. The number of rotatable bonds is 6. The second-order valence-corrected chi connectivity index (χ2v) is 5.77. The van der Waals surface area contributed by atoms with Crippen LogP contribution in [0.1, 0.15) is 28.3 Å². The van der Waals surface area contributed by atoms with Gasteiger partial charge in [-0.05, 0) is 42.3 Å². The van der Waals surface area contributed by atoms with Crippen LogP contribution in [0.4, 0.5) is 0 Å². The smallest absolute Gasteiger partial charge is 0.119 e. The topological polar surface area (TPSA) is 22.1 Å². The van der Waals surface area contributed by atoms with Crippen molar-refractivity contribution in [1.82, 2.24) is 4.98 Å². The van der Waals surface area contributed by atoms with Crippen molar-refractivity contribution in [2.75, 3.05) is 6.61 Å². The fourth-order valence-electron chi connectivity index (χ4n) is 2.75. The maximum absolute atomic E-state index is 5.58. The van der Waals surface area contributed by atoms with Gasteiger partial charge in [0.2, 0.25) is 0 Å². The first-order chi connectivity index (χ1) is 11.8. The van der Waals surface area contributed by atoms with Gasteiger partial charge in [0.25, 0.3) is 0 Å². The Kier molecular flexibility index (Phi) is 5.07. The predicted octanol–water partition coefficient (Wildman–Crippen LogP) is 5.14. The van der Waals surface area contributed by atoms with E-state index in [1.165, 1.54) is 16.7 Å². The van der Waals surface area contributed by atoms with E-state index in [9.17, 15) is 0 Å². The van der Waals surface area contributed by atoms with Crippen molar-refractivity contribution in [3.8, 4) is 5.75 Å². The highest BCUT2D eigenvalue weighted by Gasteiger charge is 2.17. The van der Waals surface area contributed by atoms with Crippen molar-refractivity contribution in [3.05, 3.63) is 108 Å². The first-order valence-corrected chi connectivity index (χ1v) is 8.09. The molecule has 0 radical (unpaired) electrons. The zero-order valence-corrected chi connectivity index (χ0v) is 13.9. The summed E-state index contributed by atoms with van der Waals surface area (Å²) in [6.45, 7) is 6.29. The summed E-state index contributed by atoms with van der Waals surface area (Å²) in [6.07, 6.45) is 3.59. The molecule has 0 saturated carbocycles. The lowest BCUT2D eigenvalue weighted by Gasteiger charge is -2.18. The molecule has 1 unspecified atom stereocenters. The van der Waals surface area contributed by atoms with Crippen LogP contribution in [0.15, 0.2) is 85.6 Å². The molecule has 2 heteroatoms. The molecule has 0 N–H and O–H groups in total. The number of ether oxygens (including phenoxy) is 1. The Labute approximate surface area is 143 Å². The standard InChI is InChI=1S/C22H21NO/c1-3-16-24-20-13-11-19(12-14-20)22(21-6-4-5-15-23-21)18-9-7-17(2)8-10-18/h3-15,22H,1,16H2,2H3. The van der Waals surface area contributed by atoms with Crippen LogP contribution < -0.4 is 4.74 Å². The molecule has 2 aromatic carbocycles. The van der Waals surface area contributed by atoms with Crippen LogP contribution in [0.25, 0.3) is 0 Å². The van der Waals surface area contributed by atoms with E-state index in [1.54, 1.807) is 6.08 Å². The van der Waals surface area contributed by atoms with Gasteiger partial charge in [-0.3, -0.25) is 4.98 Å². The Hall–Kier alpha value is -2.87. The van der Waals surface area contributed by atoms with Crippen LogP contribution in [0.5, 0.6) is 5.75 Å². The van der Waals surface area contributed by atoms with Gasteiger partial charge in [-0.25, -0.2) is 0 Å².